The van der Waals surface area contributed by atoms with Crippen LogP contribution in [0.4, 0.5) is 10.5 Å². The Morgan fingerprint density at radius 1 is 1.29 bits per heavy atom. The van der Waals surface area contributed by atoms with Crippen LogP contribution in [0.1, 0.15) is 0 Å². The van der Waals surface area contributed by atoms with Crippen LogP contribution in [0.15, 0.2) is 28.7 Å². The summed E-state index contributed by atoms with van der Waals surface area (Å²) in [7, 11) is 1.20. The lowest BCUT2D eigenvalue weighted by molar-refractivity contribution is 0.166. The molecule has 1 amide bonds. The molecule has 1 aromatic rings. The van der Waals surface area contributed by atoms with E-state index in [-0.39, 0.29) is 5.11 Å². The molecule has 0 radical (unpaired) electrons. The van der Waals surface area contributed by atoms with Gasteiger partial charge in [-0.2, -0.15) is 0 Å². The summed E-state index contributed by atoms with van der Waals surface area (Å²) in [6, 6.07) is 7.28. The first kappa shape index (κ1) is 18.6. The molecule has 21 heavy (non-hydrogen) atoms. The third kappa shape index (κ3) is 6.88. The Labute approximate surface area is 150 Å². The second-order valence-electron chi connectivity index (χ2n) is 3.72. The third-order valence-electron chi connectivity index (χ3n) is 2.15. The fourth-order valence-electron chi connectivity index (χ4n) is 1.21. The van der Waals surface area contributed by atoms with Gasteiger partial charge in [0.25, 0.3) is 0 Å². The number of alkyl halides is 3. The smallest absolute Gasteiger partial charge is 0.408 e. The van der Waals surface area contributed by atoms with E-state index in [0.29, 0.717) is 0 Å². The summed E-state index contributed by atoms with van der Waals surface area (Å²) < 4.78 is 3.56. The van der Waals surface area contributed by atoms with Crippen LogP contribution < -0.4 is 16.0 Å². The summed E-state index contributed by atoms with van der Waals surface area (Å²) in [6.07, 6.45) is -1.82. The summed E-state index contributed by atoms with van der Waals surface area (Å²) in [5.74, 6) is 0. The second kappa shape index (κ2) is 8.24. The van der Waals surface area contributed by atoms with E-state index in [2.05, 4.69) is 36.6 Å². The quantitative estimate of drug-likeness (QED) is 0.383. The molecule has 1 atom stereocenters. The van der Waals surface area contributed by atoms with Gasteiger partial charge in [0.05, 0.1) is 7.11 Å². The number of halogens is 4. The van der Waals surface area contributed by atoms with Crippen LogP contribution in [0.5, 0.6) is 0 Å². The largest absolute Gasteiger partial charge is 0.453 e. The van der Waals surface area contributed by atoms with Gasteiger partial charge in [-0.05, 0) is 36.5 Å². The van der Waals surface area contributed by atoms with Gasteiger partial charge in [-0.3, -0.25) is 5.32 Å². The number of rotatable bonds is 3. The molecule has 0 aliphatic heterocycles. The molecule has 0 fully saturated rings. The van der Waals surface area contributed by atoms with Crippen molar-refractivity contribution in [1.29, 1.82) is 0 Å². The second-order valence-corrected chi connectivity index (χ2v) is 7.41. The first-order chi connectivity index (χ1) is 9.72. The molecule has 0 heterocycles. The number of hydrogen-bond acceptors (Lipinski definition) is 3. The molecule has 0 saturated heterocycles. The molecule has 10 heteroatoms. The van der Waals surface area contributed by atoms with Crippen LogP contribution in [-0.4, -0.2) is 28.3 Å². The van der Waals surface area contributed by atoms with Crippen LogP contribution >= 0.6 is 63.0 Å². The Morgan fingerprint density at radius 2 is 1.86 bits per heavy atom. The molecule has 0 unspecified atom stereocenters. The first-order valence-corrected chi connectivity index (χ1v) is 7.80. The highest BCUT2D eigenvalue weighted by atomic mass is 79.9. The van der Waals surface area contributed by atoms with E-state index in [1.54, 1.807) is 12.1 Å². The number of benzene rings is 1. The lowest BCUT2D eigenvalue weighted by Gasteiger charge is -2.27. The van der Waals surface area contributed by atoms with Crippen molar-refractivity contribution >= 4 is 79.8 Å². The fourth-order valence-corrected chi connectivity index (χ4v) is 2.04. The van der Waals surface area contributed by atoms with Gasteiger partial charge < -0.3 is 15.4 Å². The predicted molar refractivity (Wildman–Crippen MR) is 93.1 cm³/mol. The molecular weight excluding hydrogens is 424 g/mol. The predicted octanol–water partition coefficient (Wildman–Crippen LogP) is 3.79. The maximum atomic E-state index is 11.2. The van der Waals surface area contributed by atoms with Gasteiger partial charge in [0, 0.05) is 10.2 Å². The van der Waals surface area contributed by atoms with E-state index in [9.17, 15) is 4.79 Å². The average molecular weight is 436 g/mol. The Balaban J connectivity index is 2.67. The molecule has 0 saturated carbocycles. The summed E-state index contributed by atoms with van der Waals surface area (Å²) in [6.45, 7) is 0. The summed E-state index contributed by atoms with van der Waals surface area (Å²) in [4.78, 5) is 11.2. The molecule has 116 valence electrons. The zero-order chi connectivity index (χ0) is 16.0. The van der Waals surface area contributed by atoms with Crippen LogP contribution in [0.2, 0.25) is 0 Å². The third-order valence-corrected chi connectivity index (χ3v) is 3.56. The molecule has 3 N–H and O–H groups in total. The van der Waals surface area contributed by atoms with E-state index in [4.69, 9.17) is 47.0 Å². The number of methoxy groups -OCH3 is 1. The SMILES string of the molecule is COC(=O)N[C@@H](NC(=S)Nc1ccc(Br)cc1)C(Cl)(Cl)Cl. The molecule has 1 aromatic carbocycles. The number of nitrogens with one attached hydrogen (secondary N) is 3. The Hall–Kier alpha value is -0.470. The summed E-state index contributed by atoms with van der Waals surface area (Å²) in [5, 5.41) is 8.08. The minimum atomic E-state index is -1.82. The Kier molecular flexibility index (Phi) is 7.29. The van der Waals surface area contributed by atoms with Gasteiger partial charge in [-0.1, -0.05) is 50.7 Å². The van der Waals surface area contributed by atoms with Gasteiger partial charge in [0.2, 0.25) is 3.79 Å². The lowest BCUT2D eigenvalue weighted by atomic mass is 10.3. The van der Waals surface area contributed by atoms with Crippen LogP contribution in [0.3, 0.4) is 0 Å². The van der Waals surface area contributed by atoms with Gasteiger partial charge >= 0.3 is 6.09 Å². The van der Waals surface area contributed by atoms with Crippen LogP contribution in [0, 0.1) is 0 Å². The van der Waals surface area contributed by atoms with E-state index < -0.39 is 16.1 Å². The first-order valence-electron chi connectivity index (χ1n) is 5.46. The standard InChI is InChI=1S/C11H11BrCl3N3O2S/c1-20-10(19)18-8(11(13,14)15)17-9(21)16-7-4-2-6(12)3-5-7/h2-5,8H,1H3,(H,18,19)(H2,16,17,21)/t8-/m1/s1. The molecule has 5 nitrogen and oxygen atoms in total. The number of ether oxygens (including phenoxy) is 1. The van der Waals surface area contributed by atoms with Crippen LogP contribution in [-0.2, 0) is 4.74 Å². The van der Waals surface area contributed by atoms with Crippen LogP contribution in [0.25, 0.3) is 0 Å². The number of thiocarbonyl (C=S) groups is 1. The topological polar surface area (TPSA) is 62.4 Å². The monoisotopic (exact) mass is 433 g/mol. The molecule has 0 aliphatic carbocycles. The maximum absolute atomic E-state index is 11.2. The van der Waals surface area contributed by atoms with Crippen molar-refractivity contribution in [2.24, 2.45) is 0 Å². The van der Waals surface area contributed by atoms with Gasteiger partial charge in [-0.15, -0.1) is 0 Å². The highest BCUT2D eigenvalue weighted by molar-refractivity contribution is 9.10. The van der Waals surface area contributed by atoms with Gasteiger partial charge in [0.1, 0.15) is 0 Å². The molecule has 1 rings (SSSR count). The van der Waals surface area contributed by atoms with Crippen molar-refractivity contribution in [3.63, 3.8) is 0 Å². The average Bonchev–Trinajstić information content (AvgIpc) is 2.39. The van der Waals surface area contributed by atoms with E-state index >= 15 is 0 Å². The summed E-state index contributed by atoms with van der Waals surface area (Å²) >= 11 is 25.7. The molecule has 0 aliphatic rings. The minimum absolute atomic E-state index is 0.171. The van der Waals surface area contributed by atoms with Crippen molar-refractivity contribution in [2.75, 3.05) is 12.4 Å². The summed E-state index contributed by atoms with van der Waals surface area (Å²) in [5.41, 5.74) is 0.733. The fraction of sp³-hybridized carbons (Fsp3) is 0.273. The zero-order valence-corrected chi connectivity index (χ0v) is 15.3. The number of alkyl carbamates (subject to hydrolysis) is 1. The number of hydrogen-bond donors (Lipinski definition) is 3. The minimum Gasteiger partial charge on any atom is -0.453 e. The molecule has 0 aromatic heterocycles. The number of anilines is 1. The lowest BCUT2D eigenvalue weighted by Crippen LogP contribution is -2.56. The normalized spacial score (nSPS) is 12.2. The highest BCUT2D eigenvalue weighted by Gasteiger charge is 2.34. The molecule has 0 spiro atoms. The highest BCUT2D eigenvalue weighted by Crippen LogP contribution is 2.29. The van der Waals surface area contributed by atoms with E-state index in [0.717, 1.165) is 10.2 Å². The van der Waals surface area contributed by atoms with Gasteiger partial charge in [0.15, 0.2) is 11.3 Å². The number of carbonyl (C=O) groups is 1. The number of carbonyl (C=O) groups excluding carboxylic acids is 1. The maximum Gasteiger partial charge on any atom is 0.408 e. The molecular formula is C11H11BrCl3N3O2S. The zero-order valence-electron chi connectivity index (χ0n) is 10.6. The van der Waals surface area contributed by atoms with Crippen molar-refractivity contribution in [3.8, 4) is 0 Å². The van der Waals surface area contributed by atoms with Crippen molar-refractivity contribution < 1.29 is 9.53 Å². The van der Waals surface area contributed by atoms with E-state index in [1.165, 1.54) is 7.11 Å². The Morgan fingerprint density at radius 3 is 2.33 bits per heavy atom. The van der Waals surface area contributed by atoms with Crippen molar-refractivity contribution in [2.45, 2.75) is 9.96 Å². The van der Waals surface area contributed by atoms with Crippen molar-refractivity contribution in [3.05, 3.63) is 28.7 Å². The van der Waals surface area contributed by atoms with Gasteiger partial charge in [-0.25, -0.2) is 4.79 Å². The van der Waals surface area contributed by atoms with Crippen molar-refractivity contribution in [1.82, 2.24) is 10.6 Å². The molecule has 0 bridgehead atoms. The number of amides is 1. The van der Waals surface area contributed by atoms with E-state index in [1.807, 2.05) is 12.1 Å². The Bertz CT molecular complexity index is 510.